The molecule has 2 aromatic heterocycles. The first-order chi connectivity index (χ1) is 15.7. The molecule has 0 N–H and O–H groups in total. The zero-order valence-corrected chi connectivity index (χ0v) is 24.9. The van der Waals surface area contributed by atoms with Gasteiger partial charge in [-0.15, -0.1) is 6.42 Å². The first-order valence-electron chi connectivity index (χ1n) is 9.78. The van der Waals surface area contributed by atoms with Crippen LogP contribution in [0.5, 0.6) is 5.75 Å². The summed E-state index contributed by atoms with van der Waals surface area (Å²) in [6.07, 6.45) is 8.80. The number of hydrogen-bond donors (Lipinski definition) is 0. The molecule has 0 aliphatic rings. The monoisotopic (exact) mass is 518 g/mol. The van der Waals surface area contributed by atoms with Crippen molar-refractivity contribution in [1.29, 1.82) is 0 Å². The molecule has 0 fully saturated rings. The largest absolute Gasteiger partial charge is 1.00 e. The van der Waals surface area contributed by atoms with Gasteiger partial charge in [-0.2, -0.15) is 0 Å². The van der Waals surface area contributed by atoms with Gasteiger partial charge in [-0.25, -0.2) is 14.3 Å². The third-order valence-electron chi connectivity index (χ3n) is 4.82. The second kappa shape index (κ2) is 13.8. The van der Waals surface area contributed by atoms with Gasteiger partial charge in [-0.1, -0.05) is 24.1 Å². The van der Waals surface area contributed by atoms with E-state index in [2.05, 4.69) is 15.4 Å². The predicted octanol–water partition coefficient (Wildman–Crippen LogP) is -6.05. The Morgan fingerprint density at radius 1 is 1.20 bits per heavy atom. The van der Waals surface area contributed by atoms with Gasteiger partial charge in [-0.3, -0.25) is 9.36 Å². The summed E-state index contributed by atoms with van der Waals surface area (Å²) in [6, 6.07) is 7.32. The number of ether oxygens (including phenoxy) is 1. The molecule has 0 unspecified atom stereocenters. The summed E-state index contributed by atoms with van der Waals surface area (Å²) < 4.78 is 23.7. The van der Waals surface area contributed by atoms with Crippen LogP contribution in [0.4, 0.5) is 0 Å². The smallest absolute Gasteiger partial charge is 0.790 e. The fraction of sp³-hybridized carbons (Fsp3) is 0.286. The number of aromatic nitrogens is 4. The number of terminal acetylenes is 1. The molecule has 0 bridgehead atoms. The molecule has 0 radical (unpaired) electrons. The van der Waals surface area contributed by atoms with Crippen LogP contribution < -0.4 is 84.9 Å². The van der Waals surface area contributed by atoms with Crippen LogP contribution in [-0.2, 0) is 29.2 Å². The van der Waals surface area contributed by atoms with Gasteiger partial charge in [-0.05, 0) is 30.2 Å². The summed E-state index contributed by atoms with van der Waals surface area (Å²) in [6.45, 7) is -0.710. The Kier molecular flexibility index (Phi) is 12.4. The van der Waals surface area contributed by atoms with Crippen molar-refractivity contribution in [2.75, 3.05) is 13.7 Å². The topological polar surface area (TPSA) is 143 Å². The summed E-state index contributed by atoms with van der Waals surface area (Å²) in [5.41, 5.74) is -0.201. The molecule has 0 atom stereocenters. The summed E-state index contributed by atoms with van der Waals surface area (Å²) >= 11 is 0. The second-order valence-electron chi connectivity index (χ2n) is 6.97. The molecular weight excluding hydrogens is 497 g/mol. The van der Waals surface area contributed by atoms with E-state index in [-0.39, 0.29) is 89.8 Å². The number of benzene rings is 1. The Morgan fingerprint density at radius 3 is 2.54 bits per heavy atom. The van der Waals surface area contributed by atoms with Gasteiger partial charge in [0.05, 0.1) is 28.1 Å². The molecule has 0 aliphatic carbocycles. The molecule has 1 aromatic carbocycles. The number of hydrogen-bond acceptors (Lipinski definition) is 8. The van der Waals surface area contributed by atoms with E-state index in [1.807, 2.05) is 18.2 Å². The van der Waals surface area contributed by atoms with Crippen LogP contribution in [0.3, 0.4) is 0 Å². The molecule has 174 valence electrons. The molecule has 0 spiro atoms. The van der Waals surface area contributed by atoms with E-state index in [1.165, 1.54) is 9.13 Å². The van der Waals surface area contributed by atoms with Crippen LogP contribution in [0.1, 0.15) is 17.8 Å². The van der Waals surface area contributed by atoms with Gasteiger partial charge in [0.1, 0.15) is 11.6 Å². The Labute approximate surface area is 245 Å². The minimum atomic E-state index is -5.13. The number of phosphoric ester groups is 1. The number of phosphoric acid groups is 1. The molecule has 3 aromatic rings. The van der Waals surface area contributed by atoms with Gasteiger partial charge < -0.3 is 28.2 Å². The van der Waals surface area contributed by atoms with E-state index in [4.69, 9.17) is 11.2 Å². The average molecular weight is 518 g/mol. The van der Waals surface area contributed by atoms with Crippen LogP contribution in [0.2, 0.25) is 0 Å². The molecule has 35 heavy (non-hydrogen) atoms. The van der Waals surface area contributed by atoms with Crippen LogP contribution in [0.15, 0.2) is 33.9 Å². The van der Waals surface area contributed by atoms with E-state index >= 15 is 0 Å². The number of aryl methyl sites for hydroxylation is 2. The summed E-state index contributed by atoms with van der Waals surface area (Å²) in [5, 5.41) is 0. The fourth-order valence-electron chi connectivity index (χ4n) is 3.28. The Hall–Kier alpha value is -1.42. The quantitative estimate of drug-likeness (QED) is 0.118. The maximum absolute atomic E-state index is 13.0. The van der Waals surface area contributed by atoms with Gasteiger partial charge in [0.15, 0.2) is 11.2 Å². The number of methoxy groups -OCH3 is 1. The van der Waals surface area contributed by atoms with Crippen LogP contribution in [0, 0.1) is 12.3 Å². The first kappa shape index (κ1) is 31.6. The number of imidazole rings is 1. The first-order valence-corrected chi connectivity index (χ1v) is 11.2. The molecule has 14 heteroatoms. The van der Waals surface area contributed by atoms with Gasteiger partial charge in [0.25, 0.3) is 5.56 Å². The van der Waals surface area contributed by atoms with E-state index in [9.17, 15) is 23.9 Å². The van der Waals surface area contributed by atoms with Crippen molar-refractivity contribution in [3.63, 3.8) is 0 Å². The van der Waals surface area contributed by atoms with Crippen molar-refractivity contribution in [1.82, 2.24) is 18.7 Å². The van der Waals surface area contributed by atoms with Crippen LogP contribution >= 0.6 is 7.82 Å². The molecule has 0 saturated carbocycles. The van der Waals surface area contributed by atoms with Crippen molar-refractivity contribution >= 4 is 31.1 Å². The zero-order valence-electron chi connectivity index (χ0n) is 20.0. The standard InChI is InChI=1S/C21H23N4O7P.2Na/c1-4-11-25-20(26)18-19(24(21(25)27)12-6-13-32-33(28,29)30)22-17(23(18)2)10-9-15-7-5-8-16(14-15)31-3;;/h1,5,7-10,14H,6,11-13H2,2-3H3,(H2,28,29,30);;/q;2*+1/p-2/b10-9+;;. The Bertz CT molecular complexity index is 1420. The molecular formula is C21H21N4Na2O7P. The van der Waals surface area contributed by atoms with E-state index in [1.54, 1.807) is 32.4 Å². The second-order valence-corrected chi connectivity index (χ2v) is 8.13. The Morgan fingerprint density at radius 2 is 1.91 bits per heavy atom. The molecule has 3 rings (SSSR count). The van der Waals surface area contributed by atoms with Crippen molar-refractivity contribution < 1.29 is 82.7 Å². The molecule has 0 saturated heterocycles. The minimum Gasteiger partial charge on any atom is -0.790 e. The van der Waals surface area contributed by atoms with Gasteiger partial charge >= 0.3 is 64.8 Å². The van der Waals surface area contributed by atoms with Crippen molar-refractivity contribution in [2.24, 2.45) is 7.05 Å². The maximum atomic E-state index is 13.0. The van der Waals surface area contributed by atoms with Crippen LogP contribution in [-0.4, -0.2) is 32.4 Å². The zero-order chi connectivity index (χ0) is 24.2. The van der Waals surface area contributed by atoms with E-state index in [0.717, 1.165) is 10.1 Å². The van der Waals surface area contributed by atoms with E-state index < -0.39 is 25.7 Å². The molecule has 0 amide bonds. The van der Waals surface area contributed by atoms with E-state index in [0.29, 0.717) is 11.6 Å². The molecule has 0 aliphatic heterocycles. The minimum absolute atomic E-state index is 0. The summed E-state index contributed by atoms with van der Waals surface area (Å²) in [5.74, 6) is 3.35. The number of fused-ring (bicyclic) bond motifs is 1. The third kappa shape index (κ3) is 7.78. The van der Waals surface area contributed by atoms with Gasteiger partial charge in [0, 0.05) is 13.6 Å². The molecule has 2 heterocycles. The number of nitrogens with zero attached hydrogens (tertiary/aromatic N) is 4. The van der Waals surface area contributed by atoms with Crippen molar-refractivity contribution in [2.45, 2.75) is 19.5 Å². The maximum Gasteiger partial charge on any atom is 1.00 e. The number of rotatable bonds is 9. The van der Waals surface area contributed by atoms with Crippen LogP contribution in [0.25, 0.3) is 23.3 Å². The predicted molar refractivity (Wildman–Crippen MR) is 118 cm³/mol. The fourth-order valence-corrected chi connectivity index (χ4v) is 3.63. The summed E-state index contributed by atoms with van der Waals surface area (Å²) in [7, 11) is -1.94. The normalized spacial score (nSPS) is 11.2. The third-order valence-corrected chi connectivity index (χ3v) is 5.32. The Balaban J connectivity index is 0.00000306. The average Bonchev–Trinajstić information content (AvgIpc) is 3.10. The van der Waals surface area contributed by atoms with Crippen molar-refractivity contribution in [3.05, 3.63) is 56.5 Å². The van der Waals surface area contributed by atoms with Gasteiger partial charge in [0.2, 0.25) is 0 Å². The summed E-state index contributed by atoms with van der Waals surface area (Å²) in [4.78, 5) is 51.6. The van der Waals surface area contributed by atoms with Crippen molar-refractivity contribution in [3.8, 4) is 18.1 Å². The molecule has 11 nitrogen and oxygen atoms in total. The SMILES string of the molecule is C#CCn1c(=O)c2c(nc(/C=C/c3cccc(OC)c3)n2C)n(CCCOP(=O)([O-])[O-])c1=O.[Na+].[Na+].